The van der Waals surface area contributed by atoms with Gasteiger partial charge in [-0.15, -0.1) is 0 Å². The third-order valence-corrected chi connectivity index (χ3v) is 2.35. The minimum absolute atomic E-state index is 0.0455. The molecule has 0 atom stereocenters. The van der Waals surface area contributed by atoms with Crippen LogP contribution in [0.5, 0.6) is 0 Å². The highest BCUT2D eigenvalue weighted by Gasteiger charge is 2.02. The molecule has 14 heavy (non-hydrogen) atoms. The maximum atomic E-state index is 10.9. The molecule has 0 bridgehead atoms. The third-order valence-electron chi connectivity index (χ3n) is 1.42. The molecular weight excluding hydrogens is 202 g/mol. The van der Waals surface area contributed by atoms with Crippen LogP contribution < -0.4 is 16.6 Å². The van der Waals surface area contributed by atoms with Crippen LogP contribution in [-0.2, 0) is 4.79 Å². The minimum atomic E-state index is -0.0455. The molecular formula is C7H11N5OS. The van der Waals surface area contributed by atoms with Crippen molar-refractivity contribution in [3.05, 3.63) is 12.4 Å². The second-order valence-electron chi connectivity index (χ2n) is 2.35. The first kappa shape index (κ1) is 10.7. The SMILES string of the molecule is CNC(=O)CSc1cc(NN)ncn1. The van der Waals surface area contributed by atoms with Gasteiger partial charge in [0, 0.05) is 13.1 Å². The van der Waals surface area contributed by atoms with Gasteiger partial charge in [0.2, 0.25) is 5.91 Å². The topological polar surface area (TPSA) is 92.9 Å². The summed E-state index contributed by atoms with van der Waals surface area (Å²) in [6.07, 6.45) is 1.39. The molecule has 76 valence electrons. The van der Waals surface area contributed by atoms with Crippen molar-refractivity contribution < 1.29 is 4.79 Å². The van der Waals surface area contributed by atoms with E-state index >= 15 is 0 Å². The van der Waals surface area contributed by atoms with Crippen LogP contribution in [0.15, 0.2) is 17.4 Å². The van der Waals surface area contributed by atoms with Crippen molar-refractivity contribution in [2.24, 2.45) is 5.84 Å². The van der Waals surface area contributed by atoms with Crippen LogP contribution in [0.25, 0.3) is 0 Å². The van der Waals surface area contributed by atoms with Gasteiger partial charge in [0.05, 0.1) is 5.75 Å². The van der Waals surface area contributed by atoms with E-state index in [1.807, 2.05) is 0 Å². The Labute approximate surface area is 85.7 Å². The molecule has 0 aromatic carbocycles. The number of hydrazine groups is 1. The van der Waals surface area contributed by atoms with Gasteiger partial charge in [-0.25, -0.2) is 15.8 Å². The molecule has 0 radical (unpaired) electrons. The quantitative estimate of drug-likeness (QED) is 0.273. The number of amides is 1. The van der Waals surface area contributed by atoms with Crippen LogP contribution in [0.4, 0.5) is 5.82 Å². The van der Waals surface area contributed by atoms with Crippen molar-refractivity contribution in [1.29, 1.82) is 0 Å². The standard InChI is InChI=1S/C7H11N5OS/c1-9-6(13)3-14-7-2-5(12-8)10-4-11-7/h2,4H,3,8H2,1H3,(H,9,13)(H,10,11,12). The molecule has 1 rings (SSSR count). The first-order chi connectivity index (χ1) is 6.76. The maximum Gasteiger partial charge on any atom is 0.230 e. The summed E-state index contributed by atoms with van der Waals surface area (Å²) in [6.45, 7) is 0. The Balaban J connectivity index is 2.54. The van der Waals surface area contributed by atoms with Crippen LogP contribution in [0.2, 0.25) is 0 Å². The number of nitrogens with zero attached hydrogens (tertiary/aromatic N) is 2. The van der Waals surface area contributed by atoms with E-state index in [9.17, 15) is 4.79 Å². The lowest BCUT2D eigenvalue weighted by molar-refractivity contribution is -0.118. The van der Waals surface area contributed by atoms with E-state index in [1.165, 1.54) is 18.1 Å². The van der Waals surface area contributed by atoms with E-state index in [0.29, 0.717) is 16.6 Å². The normalized spacial score (nSPS) is 9.57. The Kier molecular flexibility index (Phi) is 4.14. The van der Waals surface area contributed by atoms with Gasteiger partial charge in [-0.2, -0.15) is 0 Å². The second-order valence-corrected chi connectivity index (χ2v) is 3.34. The van der Waals surface area contributed by atoms with Crippen molar-refractivity contribution in [3.8, 4) is 0 Å². The molecule has 1 amide bonds. The average molecular weight is 213 g/mol. The number of nitrogens with two attached hydrogens (primary N) is 1. The van der Waals surface area contributed by atoms with Crippen LogP contribution in [0, 0.1) is 0 Å². The number of carbonyl (C=O) groups is 1. The molecule has 0 aliphatic rings. The van der Waals surface area contributed by atoms with Gasteiger partial charge < -0.3 is 10.7 Å². The summed E-state index contributed by atoms with van der Waals surface area (Å²) in [7, 11) is 1.59. The summed E-state index contributed by atoms with van der Waals surface area (Å²) in [5, 5.41) is 3.23. The number of hydrogen-bond donors (Lipinski definition) is 3. The molecule has 1 heterocycles. The van der Waals surface area contributed by atoms with Gasteiger partial charge in [-0.3, -0.25) is 4.79 Å². The summed E-state index contributed by atoms with van der Waals surface area (Å²) in [5.41, 5.74) is 2.40. The number of hydrogen-bond acceptors (Lipinski definition) is 6. The van der Waals surface area contributed by atoms with Gasteiger partial charge in [0.25, 0.3) is 0 Å². The lowest BCUT2D eigenvalue weighted by atomic mass is 10.6. The summed E-state index contributed by atoms with van der Waals surface area (Å²) in [5.74, 6) is 5.98. The van der Waals surface area contributed by atoms with Crippen molar-refractivity contribution >= 4 is 23.5 Å². The molecule has 1 aromatic heterocycles. The maximum absolute atomic E-state index is 10.9. The zero-order valence-electron chi connectivity index (χ0n) is 7.65. The van der Waals surface area contributed by atoms with Gasteiger partial charge in [0.1, 0.15) is 17.2 Å². The molecule has 1 aromatic rings. The highest BCUT2D eigenvalue weighted by molar-refractivity contribution is 7.99. The zero-order chi connectivity index (χ0) is 10.4. The van der Waals surface area contributed by atoms with Gasteiger partial charge in [0.15, 0.2) is 0 Å². The van der Waals surface area contributed by atoms with E-state index in [4.69, 9.17) is 5.84 Å². The Morgan fingerprint density at radius 2 is 2.43 bits per heavy atom. The van der Waals surface area contributed by atoms with Gasteiger partial charge in [-0.05, 0) is 0 Å². The van der Waals surface area contributed by atoms with E-state index < -0.39 is 0 Å². The van der Waals surface area contributed by atoms with Crippen LogP contribution in [0.1, 0.15) is 0 Å². The molecule has 0 saturated heterocycles. The highest BCUT2D eigenvalue weighted by atomic mass is 32.2. The van der Waals surface area contributed by atoms with E-state index in [2.05, 4.69) is 20.7 Å². The van der Waals surface area contributed by atoms with Crippen LogP contribution >= 0.6 is 11.8 Å². The number of carbonyl (C=O) groups excluding carboxylic acids is 1. The number of rotatable bonds is 4. The number of nitrogen functional groups attached to an aromatic ring is 1. The molecule has 4 N–H and O–H groups in total. The molecule has 0 aliphatic heterocycles. The summed E-state index contributed by atoms with van der Waals surface area (Å²) in [6, 6.07) is 1.67. The lowest BCUT2D eigenvalue weighted by Gasteiger charge is -2.01. The summed E-state index contributed by atoms with van der Waals surface area (Å²) < 4.78 is 0. The molecule has 7 heteroatoms. The Hall–Kier alpha value is -1.34. The molecule has 0 spiro atoms. The number of anilines is 1. The van der Waals surface area contributed by atoms with Crippen molar-refractivity contribution in [1.82, 2.24) is 15.3 Å². The van der Waals surface area contributed by atoms with Gasteiger partial charge in [-0.1, -0.05) is 11.8 Å². The molecule has 0 unspecified atom stereocenters. The Bertz CT molecular complexity index is 319. The average Bonchev–Trinajstić information content (AvgIpc) is 2.26. The lowest BCUT2D eigenvalue weighted by Crippen LogP contribution is -2.19. The van der Waals surface area contributed by atoms with Crippen molar-refractivity contribution in [2.45, 2.75) is 5.03 Å². The molecule has 0 saturated carbocycles. The monoisotopic (exact) mass is 213 g/mol. The fourth-order valence-corrected chi connectivity index (χ4v) is 1.45. The number of thioether (sulfide) groups is 1. The highest BCUT2D eigenvalue weighted by Crippen LogP contribution is 2.15. The van der Waals surface area contributed by atoms with Crippen molar-refractivity contribution in [3.63, 3.8) is 0 Å². The van der Waals surface area contributed by atoms with Crippen LogP contribution in [-0.4, -0.2) is 28.7 Å². The first-order valence-corrected chi connectivity index (χ1v) is 4.87. The fourth-order valence-electron chi connectivity index (χ4n) is 0.709. The molecule has 0 fully saturated rings. The molecule has 0 aliphatic carbocycles. The Morgan fingerprint density at radius 1 is 1.64 bits per heavy atom. The summed E-state index contributed by atoms with van der Waals surface area (Å²) in [4.78, 5) is 18.7. The number of nitrogens with one attached hydrogen (secondary N) is 2. The third kappa shape index (κ3) is 3.19. The summed E-state index contributed by atoms with van der Waals surface area (Å²) >= 11 is 1.32. The fraction of sp³-hybridized carbons (Fsp3) is 0.286. The smallest absolute Gasteiger partial charge is 0.230 e. The van der Waals surface area contributed by atoms with Crippen LogP contribution in [0.3, 0.4) is 0 Å². The Morgan fingerprint density at radius 3 is 3.07 bits per heavy atom. The van der Waals surface area contributed by atoms with Gasteiger partial charge >= 0.3 is 0 Å². The van der Waals surface area contributed by atoms with E-state index in [0.717, 1.165) is 0 Å². The van der Waals surface area contributed by atoms with Crippen molar-refractivity contribution in [2.75, 3.05) is 18.2 Å². The minimum Gasteiger partial charge on any atom is -0.358 e. The largest absolute Gasteiger partial charge is 0.358 e. The molecule has 6 nitrogen and oxygen atoms in total. The number of aromatic nitrogens is 2. The predicted molar refractivity (Wildman–Crippen MR) is 54.6 cm³/mol. The predicted octanol–water partition coefficient (Wildman–Crippen LogP) is -0.400. The first-order valence-electron chi connectivity index (χ1n) is 3.88. The zero-order valence-corrected chi connectivity index (χ0v) is 8.47. The van der Waals surface area contributed by atoms with E-state index in [-0.39, 0.29) is 5.91 Å². The second kappa shape index (κ2) is 5.40. The van der Waals surface area contributed by atoms with E-state index in [1.54, 1.807) is 13.1 Å².